The first kappa shape index (κ1) is 22.8. The Kier molecular flexibility index (Phi) is 8.08. The molecule has 1 aliphatic heterocycles. The maximum absolute atomic E-state index is 11.3. The van der Waals surface area contributed by atoms with Crippen molar-refractivity contribution in [3.8, 4) is 0 Å². The van der Waals surface area contributed by atoms with Gasteiger partial charge < -0.3 is 55.3 Å². The third-order valence-electron chi connectivity index (χ3n) is 3.62. The van der Waals surface area contributed by atoms with Crippen molar-refractivity contribution in [1.82, 2.24) is 5.32 Å². The zero-order valence-electron chi connectivity index (χ0n) is 14.0. The fraction of sp³-hybridized carbons (Fsp3) is 0.643. The van der Waals surface area contributed by atoms with Crippen molar-refractivity contribution in [3.05, 3.63) is 11.5 Å². The van der Waals surface area contributed by atoms with Crippen LogP contribution in [0.25, 0.3) is 0 Å². The lowest BCUT2D eigenvalue weighted by atomic mass is 10.0. The fourth-order valence-corrected chi connectivity index (χ4v) is 2.25. The summed E-state index contributed by atoms with van der Waals surface area (Å²) in [6.45, 7) is 0.0614. The van der Waals surface area contributed by atoms with Crippen LogP contribution in [-0.4, -0.2) is 103 Å². The molecule has 0 aromatic rings. The van der Waals surface area contributed by atoms with Gasteiger partial charge in [-0.2, -0.15) is 0 Å². The van der Waals surface area contributed by atoms with Crippen molar-refractivity contribution in [2.45, 2.75) is 49.8 Å². The summed E-state index contributed by atoms with van der Waals surface area (Å²) in [4.78, 5) is 33.5. The average Bonchev–Trinajstić information content (AvgIpc) is 2.62. The summed E-state index contributed by atoms with van der Waals surface area (Å²) in [5.41, 5.74) is 0. The molecular formula is C14H21NO12. The second-order valence-electron chi connectivity index (χ2n) is 5.64. The number of amides is 1. The third-order valence-corrected chi connectivity index (χ3v) is 3.62. The first-order valence-corrected chi connectivity index (χ1v) is 7.59. The highest BCUT2D eigenvalue weighted by atomic mass is 16.7. The fourth-order valence-electron chi connectivity index (χ4n) is 2.25. The normalized spacial score (nSPS) is 27.1. The molecule has 1 heterocycles. The molecule has 0 fully saturated rings. The molecule has 0 unspecified atom stereocenters. The molecule has 0 aliphatic carbocycles. The molecule has 0 aromatic carbocycles. The van der Waals surface area contributed by atoms with Gasteiger partial charge in [0.25, 0.3) is 0 Å². The van der Waals surface area contributed by atoms with Crippen molar-refractivity contribution in [2.75, 3.05) is 6.61 Å². The van der Waals surface area contributed by atoms with Gasteiger partial charge in [-0.25, -0.2) is 4.79 Å². The topological polar surface area (TPSA) is 223 Å². The molecule has 0 aromatic heterocycles. The van der Waals surface area contributed by atoms with Crippen LogP contribution < -0.4 is 5.32 Å². The highest BCUT2D eigenvalue weighted by molar-refractivity contribution is 5.85. The number of nitrogens with one attached hydrogen (secondary N) is 1. The van der Waals surface area contributed by atoms with Crippen molar-refractivity contribution in [2.24, 2.45) is 0 Å². The van der Waals surface area contributed by atoms with Gasteiger partial charge >= 0.3 is 5.97 Å². The molecule has 1 amide bonds. The molecule has 0 saturated heterocycles. The summed E-state index contributed by atoms with van der Waals surface area (Å²) in [5, 5.41) is 68.8. The quantitative estimate of drug-likeness (QED) is 0.174. The van der Waals surface area contributed by atoms with Gasteiger partial charge in [-0.1, -0.05) is 0 Å². The number of aliphatic hydroxyl groups is 6. The van der Waals surface area contributed by atoms with E-state index in [0.29, 0.717) is 0 Å². The van der Waals surface area contributed by atoms with Gasteiger partial charge in [-0.05, 0) is 0 Å². The zero-order valence-corrected chi connectivity index (χ0v) is 14.0. The molecule has 0 saturated carbocycles. The van der Waals surface area contributed by atoms with Gasteiger partial charge in [0.1, 0.15) is 42.8 Å². The van der Waals surface area contributed by atoms with Crippen LogP contribution >= 0.6 is 0 Å². The van der Waals surface area contributed by atoms with Gasteiger partial charge in [-0.15, -0.1) is 0 Å². The minimum Gasteiger partial charge on any atom is -0.506 e. The molecule has 1 rings (SSSR count). The van der Waals surface area contributed by atoms with Crippen LogP contribution in [0.1, 0.15) is 6.92 Å². The lowest BCUT2D eigenvalue weighted by Gasteiger charge is -2.37. The van der Waals surface area contributed by atoms with E-state index in [0.717, 1.165) is 6.92 Å². The lowest BCUT2D eigenvalue weighted by Crippen LogP contribution is -2.58. The number of aliphatic hydroxyl groups excluding tert-OH is 6. The average molecular weight is 395 g/mol. The first-order chi connectivity index (χ1) is 12.5. The smallest absolute Gasteiger partial charge is 0.375 e. The van der Waals surface area contributed by atoms with Gasteiger partial charge in [0.15, 0.2) is 5.76 Å². The number of hydrogen-bond acceptors (Lipinski definition) is 11. The number of carboxylic acid groups (broad SMARTS) is 1. The largest absolute Gasteiger partial charge is 0.506 e. The van der Waals surface area contributed by atoms with Crippen LogP contribution in [0.5, 0.6) is 0 Å². The van der Waals surface area contributed by atoms with E-state index in [1.807, 2.05) is 0 Å². The predicted octanol–water partition coefficient (Wildman–Crippen LogP) is -4.28. The van der Waals surface area contributed by atoms with E-state index in [2.05, 4.69) is 5.32 Å². The standard InChI is InChI=1S/C14H21NO12/c1-4(18)15-5(2-16)11(7(20)6(19)3-17)26-14-10(23)8(21)9(22)12(27-14)13(24)25/h2,5-8,10-11,14,17,19-23H,3H2,1H3,(H,15,18)(H,24,25)/t5-,6+,7-,8-,10+,11+,14+/m0/s1. The van der Waals surface area contributed by atoms with Gasteiger partial charge in [-0.3, -0.25) is 4.79 Å². The molecule has 1 aliphatic rings. The van der Waals surface area contributed by atoms with Crippen molar-refractivity contribution >= 4 is 18.2 Å². The van der Waals surface area contributed by atoms with E-state index in [4.69, 9.17) is 19.7 Å². The van der Waals surface area contributed by atoms with Crippen LogP contribution in [0.2, 0.25) is 0 Å². The minimum atomic E-state index is -2.13. The summed E-state index contributed by atoms with van der Waals surface area (Å²) in [7, 11) is 0. The molecule has 13 nitrogen and oxygen atoms in total. The number of carbonyl (C=O) groups excluding carboxylic acids is 2. The number of hydrogen-bond donors (Lipinski definition) is 8. The first-order valence-electron chi connectivity index (χ1n) is 7.59. The summed E-state index contributed by atoms with van der Waals surface area (Å²) >= 11 is 0. The highest BCUT2D eigenvalue weighted by Gasteiger charge is 2.45. The van der Waals surface area contributed by atoms with Crippen molar-refractivity contribution in [1.29, 1.82) is 0 Å². The Morgan fingerprint density at radius 1 is 1.33 bits per heavy atom. The predicted molar refractivity (Wildman–Crippen MR) is 81.8 cm³/mol. The van der Waals surface area contributed by atoms with Crippen molar-refractivity contribution < 1.29 is 59.6 Å². The number of aliphatic carboxylic acids is 1. The van der Waals surface area contributed by atoms with E-state index in [1.54, 1.807) is 0 Å². The Bertz CT molecular complexity index is 593. The second kappa shape index (κ2) is 9.59. The Labute approximate surface area is 152 Å². The summed E-state index contributed by atoms with van der Waals surface area (Å²) in [5.74, 6) is -4.89. The monoisotopic (exact) mass is 395 g/mol. The lowest BCUT2D eigenvalue weighted by molar-refractivity contribution is -0.254. The van der Waals surface area contributed by atoms with E-state index >= 15 is 0 Å². The Hall–Kier alpha value is -2.29. The highest BCUT2D eigenvalue weighted by Crippen LogP contribution is 2.26. The van der Waals surface area contributed by atoms with Gasteiger partial charge in [0, 0.05) is 6.92 Å². The van der Waals surface area contributed by atoms with E-state index in [-0.39, 0.29) is 6.29 Å². The van der Waals surface area contributed by atoms with Crippen LogP contribution in [0.15, 0.2) is 11.5 Å². The van der Waals surface area contributed by atoms with Gasteiger partial charge in [0.2, 0.25) is 18.0 Å². The van der Waals surface area contributed by atoms with Crippen LogP contribution in [0, 0.1) is 0 Å². The Morgan fingerprint density at radius 3 is 2.37 bits per heavy atom. The van der Waals surface area contributed by atoms with E-state index < -0.39 is 72.9 Å². The number of aldehydes is 1. The summed E-state index contributed by atoms with van der Waals surface area (Å²) < 4.78 is 9.88. The molecule has 0 spiro atoms. The van der Waals surface area contributed by atoms with E-state index in [1.165, 1.54) is 0 Å². The Morgan fingerprint density at radius 2 is 1.93 bits per heavy atom. The molecule has 154 valence electrons. The van der Waals surface area contributed by atoms with Crippen LogP contribution in [-0.2, 0) is 23.9 Å². The summed E-state index contributed by atoms with van der Waals surface area (Å²) in [6, 6.07) is -1.61. The second-order valence-corrected chi connectivity index (χ2v) is 5.64. The van der Waals surface area contributed by atoms with Crippen LogP contribution in [0.3, 0.4) is 0 Å². The van der Waals surface area contributed by atoms with Gasteiger partial charge in [0.05, 0.1) is 6.61 Å². The van der Waals surface area contributed by atoms with E-state index in [9.17, 15) is 39.9 Å². The molecule has 8 N–H and O–H groups in total. The Balaban J connectivity index is 3.18. The minimum absolute atomic E-state index is 0.121. The molecule has 0 radical (unpaired) electrons. The maximum atomic E-state index is 11.3. The maximum Gasteiger partial charge on any atom is 0.375 e. The number of rotatable bonds is 9. The molecule has 0 bridgehead atoms. The number of carboxylic acids is 1. The number of ether oxygens (including phenoxy) is 2. The van der Waals surface area contributed by atoms with Crippen LogP contribution in [0.4, 0.5) is 0 Å². The third kappa shape index (κ3) is 5.35. The molecule has 7 atom stereocenters. The summed E-state index contributed by atoms with van der Waals surface area (Å²) in [6.07, 6.45) is -11.8. The zero-order chi connectivity index (χ0) is 20.9. The number of carbonyl (C=O) groups is 3. The molecule has 27 heavy (non-hydrogen) atoms. The molecule has 13 heteroatoms. The molecular weight excluding hydrogens is 374 g/mol. The van der Waals surface area contributed by atoms with Crippen molar-refractivity contribution in [3.63, 3.8) is 0 Å². The SMILES string of the molecule is CC(=O)N[C@@H](C=O)[C@@H](O[C@@H]1OC(C(=O)O)=C(O)[C@H](O)[C@H]1O)[C@@H](O)[C@H](O)CO.